The maximum Gasteiger partial charge on any atom is 0.391 e. The molecule has 1 aromatic heterocycles. The first-order chi connectivity index (χ1) is 14.8. The number of Topliss-reactive ketones (excluding diaryl/α,β-unsaturated/α-hetero) is 2. The Hall–Kier alpha value is -3.17. The molecule has 174 valence electrons. The van der Waals surface area contributed by atoms with Gasteiger partial charge in [0.05, 0.1) is 22.9 Å². The van der Waals surface area contributed by atoms with Gasteiger partial charge in [0.2, 0.25) is 11.6 Å². The summed E-state index contributed by atoms with van der Waals surface area (Å²) < 4.78 is 52.6. The third-order valence-corrected chi connectivity index (χ3v) is 5.48. The van der Waals surface area contributed by atoms with Gasteiger partial charge in [-0.1, -0.05) is 6.92 Å². The largest absolute Gasteiger partial charge is 0.396 e. The number of alkyl halides is 3. The minimum atomic E-state index is -4.35. The van der Waals surface area contributed by atoms with Gasteiger partial charge < -0.3 is 15.6 Å². The van der Waals surface area contributed by atoms with Gasteiger partial charge in [-0.2, -0.15) is 13.2 Å². The summed E-state index contributed by atoms with van der Waals surface area (Å²) in [5.41, 5.74) is 6.45. The Morgan fingerprint density at radius 2 is 1.81 bits per heavy atom. The standard InChI is InChI=1S/C22H25F4N3O3/c1-11(22(24,25)26)6-5-7-17(30)20(31)19-12(2)18(13(3)29(19)4)21(32)28-14-8-9-15(23)16(27)10-14/h8-11H,5-7,27H2,1-4H3,(H,28,32)/t11-/m1/s1. The van der Waals surface area contributed by atoms with Crippen LogP contribution in [0.4, 0.5) is 28.9 Å². The fourth-order valence-electron chi connectivity index (χ4n) is 3.43. The third-order valence-electron chi connectivity index (χ3n) is 5.48. The van der Waals surface area contributed by atoms with E-state index in [-0.39, 0.29) is 47.5 Å². The Bertz CT molecular complexity index is 1060. The van der Waals surface area contributed by atoms with Crippen LogP contribution < -0.4 is 11.1 Å². The van der Waals surface area contributed by atoms with Crippen molar-refractivity contribution in [3.05, 3.63) is 46.5 Å². The van der Waals surface area contributed by atoms with E-state index in [2.05, 4.69) is 5.32 Å². The van der Waals surface area contributed by atoms with Crippen LogP contribution in [0.15, 0.2) is 18.2 Å². The van der Waals surface area contributed by atoms with Gasteiger partial charge in [-0.3, -0.25) is 14.4 Å². The van der Waals surface area contributed by atoms with Crippen molar-refractivity contribution >= 4 is 28.8 Å². The molecule has 1 heterocycles. The molecule has 0 aliphatic carbocycles. The molecule has 0 bridgehead atoms. The number of nitrogens with zero attached hydrogens (tertiary/aromatic N) is 1. The highest BCUT2D eigenvalue weighted by molar-refractivity contribution is 6.43. The Morgan fingerprint density at radius 1 is 1.19 bits per heavy atom. The normalized spacial score (nSPS) is 12.5. The second kappa shape index (κ2) is 9.54. The molecule has 0 aliphatic rings. The summed E-state index contributed by atoms with van der Waals surface area (Å²) in [6, 6.07) is 3.68. The van der Waals surface area contributed by atoms with Crippen LogP contribution in [-0.4, -0.2) is 28.2 Å². The summed E-state index contributed by atoms with van der Waals surface area (Å²) in [7, 11) is 1.52. The Balaban J connectivity index is 2.19. The zero-order valence-corrected chi connectivity index (χ0v) is 18.2. The van der Waals surface area contributed by atoms with Crippen molar-refractivity contribution < 1.29 is 31.9 Å². The van der Waals surface area contributed by atoms with Crippen molar-refractivity contribution in [2.24, 2.45) is 13.0 Å². The number of halogens is 4. The predicted molar refractivity (Wildman–Crippen MR) is 112 cm³/mol. The number of nitrogens with one attached hydrogen (secondary N) is 1. The van der Waals surface area contributed by atoms with E-state index in [1.807, 2.05) is 0 Å². The number of carbonyl (C=O) groups excluding carboxylic acids is 3. The lowest BCUT2D eigenvalue weighted by Crippen LogP contribution is -2.21. The molecule has 0 saturated carbocycles. The van der Waals surface area contributed by atoms with Gasteiger partial charge in [0.1, 0.15) is 5.82 Å². The van der Waals surface area contributed by atoms with Crippen molar-refractivity contribution in [2.75, 3.05) is 11.1 Å². The highest BCUT2D eigenvalue weighted by atomic mass is 19.4. The summed E-state index contributed by atoms with van der Waals surface area (Å²) in [6.07, 6.45) is -5.01. The van der Waals surface area contributed by atoms with Gasteiger partial charge in [-0.25, -0.2) is 4.39 Å². The minimum absolute atomic E-state index is 0.000130. The third kappa shape index (κ3) is 5.35. The lowest BCUT2D eigenvalue weighted by atomic mass is 9.99. The van der Waals surface area contributed by atoms with Crippen molar-refractivity contribution in [2.45, 2.75) is 46.2 Å². The van der Waals surface area contributed by atoms with Gasteiger partial charge in [-0.05, 0) is 50.5 Å². The molecule has 6 nitrogen and oxygen atoms in total. The van der Waals surface area contributed by atoms with Gasteiger partial charge in [0.25, 0.3) is 5.91 Å². The first-order valence-electron chi connectivity index (χ1n) is 9.92. The number of amides is 1. The number of hydrogen-bond donors (Lipinski definition) is 2. The lowest BCUT2D eigenvalue weighted by molar-refractivity contribution is -0.171. The number of benzene rings is 1. The van der Waals surface area contributed by atoms with E-state index >= 15 is 0 Å². The average Bonchev–Trinajstić information content (AvgIpc) is 2.91. The van der Waals surface area contributed by atoms with E-state index in [0.717, 1.165) is 13.0 Å². The summed E-state index contributed by atoms with van der Waals surface area (Å²) in [5.74, 6) is -4.46. The summed E-state index contributed by atoms with van der Waals surface area (Å²) in [5, 5.41) is 2.58. The van der Waals surface area contributed by atoms with Crippen LogP contribution in [0.3, 0.4) is 0 Å². The van der Waals surface area contributed by atoms with Gasteiger partial charge in [0, 0.05) is 24.8 Å². The molecule has 1 atom stereocenters. The van der Waals surface area contributed by atoms with Gasteiger partial charge in [-0.15, -0.1) is 0 Å². The smallest absolute Gasteiger partial charge is 0.391 e. The SMILES string of the molecule is Cc1c(C(=O)Nc2ccc(F)c(N)c2)c(C)n(C)c1C(=O)C(=O)CCC[C@@H](C)C(F)(F)F. The summed E-state index contributed by atoms with van der Waals surface area (Å²) in [4.78, 5) is 37.8. The molecule has 2 aromatic rings. The first kappa shape index (κ1) is 25.1. The van der Waals surface area contributed by atoms with Crippen molar-refractivity contribution in [1.29, 1.82) is 0 Å². The van der Waals surface area contributed by atoms with Crippen molar-refractivity contribution in [3.63, 3.8) is 0 Å². The number of ketones is 2. The number of carbonyl (C=O) groups is 3. The van der Waals surface area contributed by atoms with E-state index in [1.165, 1.54) is 30.7 Å². The zero-order chi connectivity index (χ0) is 24.4. The Kier molecular flexibility index (Phi) is 7.48. The summed E-state index contributed by atoms with van der Waals surface area (Å²) in [6.45, 7) is 4.12. The van der Waals surface area contributed by atoms with Crippen LogP contribution in [0.5, 0.6) is 0 Å². The molecule has 0 spiro atoms. The van der Waals surface area contributed by atoms with Crippen LogP contribution in [0.1, 0.15) is 58.3 Å². The van der Waals surface area contributed by atoms with E-state index in [1.54, 1.807) is 6.92 Å². The van der Waals surface area contributed by atoms with Gasteiger partial charge in [0.15, 0.2) is 0 Å². The van der Waals surface area contributed by atoms with E-state index in [9.17, 15) is 31.9 Å². The topological polar surface area (TPSA) is 94.2 Å². The minimum Gasteiger partial charge on any atom is -0.396 e. The number of nitrogens with two attached hydrogens (primary N) is 1. The van der Waals surface area contributed by atoms with Crippen molar-refractivity contribution in [1.82, 2.24) is 4.57 Å². The Morgan fingerprint density at radius 3 is 2.38 bits per heavy atom. The monoisotopic (exact) mass is 455 g/mol. The molecule has 0 unspecified atom stereocenters. The fraction of sp³-hybridized carbons (Fsp3) is 0.409. The highest BCUT2D eigenvalue weighted by Crippen LogP contribution is 2.30. The van der Waals surface area contributed by atoms with Crippen LogP contribution in [-0.2, 0) is 11.8 Å². The summed E-state index contributed by atoms with van der Waals surface area (Å²) >= 11 is 0. The molecular weight excluding hydrogens is 430 g/mol. The van der Waals surface area contributed by atoms with Gasteiger partial charge >= 0.3 is 6.18 Å². The maximum atomic E-state index is 13.3. The van der Waals surface area contributed by atoms with Crippen LogP contribution in [0.2, 0.25) is 0 Å². The molecular formula is C22H25F4N3O3. The second-order valence-corrected chi connectivity index (χ2v) is 7.77. The molecule has 32 heavy (non-hydrogen) atoms. The first-order valence-corrected chi connectivity index (χ1v) is 9.92. The molecule has 0 fully saturated rings. The highest BCUT2D eigenvalue weighted by Gasteiger charge is 2.35. The van der Waals surface area contributed by atoms with E-state index in [4.69, 9.17) is 5.73 Å². The van der Waals surface area contributed by atoms with Crippen LogP contribution >= 0.6 is 0 Å². The maximum absolute atomic E-state index is 13.3. The van der Waals surface area contributed by atoms with Crippen molar-refractivity contribution in [3.8, 4) is 0 Å². The average molecular weight is 455 g/mol. The molecule has 2 rings (SSSR count). The molecule has 0 saturated heterocycles. The number of aromatic nitrogens is 1. The van der Waals surface area contributed by atoms with Crippen LogP contribution in [0.25, 0.3) is 0 Å². The molecule has 3 N–H and O–H groups in total. The predicted octanol–water partition coefficient (Wildman–Crippen LogP) is 4.74. The Labute approximate surface area is 182 Å². The number of rotatable bonds is 8. The molecule has 10 heteroatoms. The van der Waals surface area contributed by atoms with E-state index in [0.29, 0.717) is 5.69 Å². The number of hydrogen-bond acceptors (Lipinski definition) is 4. The van der Waals surface area contributed by atoms with E-state index < -0.39 is 35.4 Å². The number of anilines is 2. The van der Waals surface area contributed by atoms with Crippen LogP contribution in [0, 0.1) is 25.6 Å². The number of nitrogen functional groups attached to an aromatic ring is 1. The zero-order valence-electron chi connectivity index (χ0n) is 18.2. The lowest BCUT2D eigenvalue weighted by Gasteiger charge is -2.14. The molecule has 1 aromatic carbocycles. The quantitative estimate of drug-likeness (QED) is 0.260. The second-order valence-electron chi connectivity index (χ2n) is 7.77. The molecule has 0 aliphatic heterocycles. The fourth-order valence-corrected chi connectivity index (χ4v) is 3.43. The molecule has 0 radical (unpaired) electrons. The molecule has 1 amide bonds.